The molecule has 2 heterocycles. The van der Waals surface area contributed by atoms with Crippen LogP contribution in [0.3, 0.4) is 0 Å². The Morgan fingerprint density at radius 1 is 1.36 bits per heavy atom. The topological polar surface area (TPSA) is 29.3 Å². The third kappa shape index (κ3) is 1.21. The molecule has 2 N–H and O–H groups in total. The highest BCUT2D eigenvalue weighted by atomic mass is 15.2. The lowest BCUT2D eigenvalue weighted by Gasteiger charge is -2.42. The average Bonchev–Trinajstić information content (AvgIpc) is 2.65. The molecule has 3 unspecified atom stereocenters. The molecule has 0 amide bonds. The molecular formula is C12H18N2. The molecule has 0 spiro atoms. The summed E-state index contributed by atoms with van der Waals surface area (Å²) in [5.74, 6) is 1.60. The minimum Gasteiger partial charge on any atom is -0.402 e. The zero-order valence-corrected chi connectivity index (χ0v) is 8.52. The smallest absolute Gasteiger partial charge is 0.0348 e. The Morgan fingerprint density at radius 2 is 2.29 bits per heavy atom. The van der Waals surface area contributed by atoms with Gasteiger partial charge in [-0.1, -0.05) is 18.2 Å². The van der Waals surface area contributed by atoms with Crippen molar-refractivity contribution in [1.82, 2.24) is 4.90 Å². The van der Waals surface area contributed by atoms with Crippen LogP contribution in [0.2, 0.25) is 0 Å². The molecule has 1 aliphatic carbocycles. The fourth-order valence-corrected chi connectivity index (χ4v) is 3.25. The Hall–Kier alpha value is -0.760. The first-order chi connectivity index (χ1) is 6.84. The van der Waals surface area contributed by atoms with E-state index in [1.165, 1.54) is 19.4 Å². The summed E-state index contributed by atoms with van der Waals surface area (Å²) in [6.07, 6.45) is 10.8. The highest BCUT2D eigenvalue weighted by Crippen LogP contribution is 2.39. The van der Waals surface area contributed by atoms with Crippen LogP contribution in [0.25, 0.3) is 0 Å². The summed E-state index contributed by atoms with van der Waals surface area (Å²) in [4.78, 5) is 2.58. The average molecular weight is 190 g/mol. The van der Waals surface area contributed by atoms with Gasteiger partial charge in [0.05, 0.1) is 0 Å². The Morgan fingerprint density at radius 3 is 3.21 bits per heavy atom. The summed E-state index contributed by atoms with van der Waals surface area (Å²) in [7, 11) is 0. The lowest BCUT2D eigenvalue weighted by molar-refractivity contribution is 0.112. The second kappa shape index (κ2) is 3.13. The van der Waals surface area contributed by atoms with Crippen LogP contribution in [0, 0.1) is 11.8 Å². The third-order valence-electron chi connectivity index (χ3n) is 4.03. The van der Waals surface area contributed by atoms with Crippen molar-refractivity contribution in [2.75, 3.05) is 13.1 Å². The molecule has 2 heteroatoms. The molecule has 76 valence electrons. The molecule has 0 saturated carbocycles. The highest BCUT2D eigenvalue weighted by molar-refractivity contribution is 5.18. The summed E-state index contributed by atoms with van der Waals surface area (Å²) in [6, 6.07) is 0.660. The van der Waals surface area contributed by atoms with Crippen LogP contribution < -0.4 is 5.73 Å². The van der Waals surface area contributed by atoms with Crippen molar-refractivity contribution in [3.05, 3.63) is 23.9 Å². The molecule has 0 aromatic heterocycles. The Balaban J connectivity index is 1.89. The van der Waals surface area contributed by atoms with Crippen molar-refractivity contribution in [2.24, 2.45) is 17.6 Å². The van der Waals surface area contributed by atoms with Crippen LogP contribution in [-0.2, 0) is 0 Å². The zero-order chi connectivity index (χ0) is 9.54. The molecule has 14 heavy (non-hydrogen) atoms. The number of nitrogens with zero attached hydrogens (tertiary/aromatic N) is 1. The zero-order valence-electron chi connectivity index (χ0n) is 8.52. The highest BCUT2D eigenvalue weighted by Gasteiger charge is 2.38. The SMILES string of the molecule is NC1=CC2C(CC1)CCN1CC=CC21. The van der Waals surface area contributed by atoms with E-state index in [9.17, 15) is 0 Å². The van der Waals surface area contributed by atoms with Crippen molar-refractivity contribution in [3.63, 3.8) is 0 Å². The van der Waals surface area contributed by atoms with E-state index in [4.69, 9.17) is 5.73 Å². The number of piperidine rings is 1. The second-order valence-corrected chi connectivity index (χ2v) is 4.82. The van der Waals surface area contributed by atoms with E-state index in [0.29, 0.717) is 12.0 Å². The first-order valence-electron chi connectivity index (χ1n) is 5.71. The van der Waals surface area contributed by atoms with Crippen molar-refractivity contribution < 1.29 is 0 Å². The molecule has 3 aliphatic rings. The van der Waals surface area contributed by atoms with Crippen molar-refractivity contribution in [1.29, 1.82) is 0 Å². The predicted octanol–water partition coefficient (Wildman–Crippen LogP) is 1.50. The molecule has 0 radical (unpaired) electrons. The van der Waals surface area contributed by atoms with Gasteiger partial charge in [-0.15, -0.1) is 0 Å². The molecule has 0 aromatic rings. The number of hydrogen-bond donors (Lipinski definition) is 1. The molecule has 2 aliphatic heterocycles. The van der Waals surface area contributed by atoms with Crippen LogP contribution >= 0.6 is 0 Å². The van der Waals surface area contributed by atoms with Gasteiger partial charge >= 0.3 is 0 Å². The minimum absolute atomic E-state index is 0.660. The summed E-state index contributed by atoms with van der Waals surface area (Å²) < 4.78 is 0. The Kier molecular flexibility index (Phi) is 1.91. The number of allylic oxidation sites excluding steroid dienone is 1. The maximum atomic E-state index is 5.94. The van der Waals surface area contributed by atoms with E-state index in [-0.39, 0.29) is 0 Å². The minimum atomic E-state index is 0.660. The third-order valence-corrected chi connectivity index (χ3v) is 4.03. The van der Waals surface area contributed by atoms with Gasteiger partial charge in [0.25, 0.3) is 0 Å². The van der Waals surface area contributed by atoms with Crippen LogP contribution in [0.15, 0.2) is 23.9 Å². The standard InChI is InChI=1S/C12H18N2/c13-10-4-3-9-5-7-14-6-1-2-12(14)11(9)8-10/h1-2,8-9,11-12H,3-7,13H2. The second-order valence-electron chi connectivity index (χ2n) is 4.82. The van der Waals surface area contributed by atoms with Gasteiger partial charge in [0.15, 0.2) is 0 Å². The summed E-state index contributed by atoms with van der Waals surface area (Å²) >= 11 is 0. The summed E-state index contributed by atoms with van der Waals surface area (Å²) in [5.41, 5.74) is 7.06. The van der Waals surface area contributed by atoms with Crippen molar-refractivity contribution in [2.45, 2.75) is 25.3 Å². The normalized spacial score (nSPS) is 41.7. The molecule has 1 fully saturated rings. The first kappa shape index (κ1) is 8.54. The number of hydrogen-bond acceptors (Lipinski definition) is 2. The molecular weight excluding hydrogens is 172 g/mol. The van der Waals surface area contributed by atoms with E-state index < -0.39 is 0 Å². The van der Waals surface area contributed by atoms with Crippen LogP contribution in [-0.4, -0.2) is 24.0 Å². The molecule has 0 aromatic carbocycles. The maximum absolute atomic E-state index is 5.94. The number of rotatable bonds is 0. The van der Waals surface area contributed by atoms with Crippen LogP contribution in [0.4, 0.5) is 0 Å². The fourth-order valence-electron chi connectivity index (χ4n) is 3.25. The van der Waals surface area contributed by atoms with Gasteiger partial charge in [0, 0.05) is 24.2 Å². The van der Waals surface area contributed by atoms with Gasteiger partial charge < -0.3 is 5.73 Å². The fraction of sp³-hybridized carbons (Fsp3) is 0.667. The summed E-state index contributed by atoms with van der Waals surface area (Å²) in [5, 5.41) is 0. The van der Waals surface area contributed by atoms with Gasteiger partial charge in [-0.2, -0.15) is 0 Å². The van der Waals surface area contributed by atoms with E-state index in [1.54, 1.807) is 0 Å². The molecule has 3 rings (SSSR count). The van der Waals surface area contributed by atoms with Gasteiger partial charge in [-0.05, 0) is 31.7 Å². The van der Waals surface area contributed by atoms with E-state index in [0.717, 1.165) is 24.6 Å². The summed E-state index contributed by atoms with van der Waals surface area (Å²) in [6.45, 7) is 2.44. The van der Waals surface area contributed by atoms with E-state index >= 15 is 0 Å². The lowest BCUT2D eigenvalue weighted by Crippen LogP contribution is -2.46. The van der Waals surface area contributed by atoms with E-state index in [2.05, 4.69) is 23.1 Å². The van der Waals surface area contributed by atoms with Gasteiger partial charge in [-0.25, -0.2) is 0 Å². The Labute approximate surface area is 85.5 Å². The number of nitrogens with two attached hydrogens (primary N) is 1. The van der Waals surface area contributed by atoms with Gasteiger partial charge in [0.1, 0.15) is 0 Å². The molecule has 1 saturated heterocycles. The Bertz CT molecular complexity index is 293. The molecule has 3 atom stereocenters. The monoisotopic (exact) mass is 190 g/mol. The molecule has 0 bridgehead atoms. The predicted molar refractivity (Wildman–Crippen MR) is 57.6 cm³/mol. The van der Waals surface area contributed by atoms with Gasteiger partial charge in [0.2, 0.25) is 0 Å². The van der Waals surface area contributed by atoms with Crippen LogP contribution in [0.5, 0.6) is 0 Å². The largest absolute Gasteiger partial charge is 0.402 e. The van der Waals surface area contributed by atoms with Crippen molar-refractivity contribution >= 4 is 0 Å². The lowest BCUT2D eigenvalue weighted by atomic mass is 9.74. The first-order valence-corrected chi connectivity index (χ1v) is 5.71. The quantitative estimate of drug-likeness (QED) is 0.586. The number of fused-ring (bicyclic) bond motifs is 3. The van der Waals surface area contributed by atoms with Crippen LogP contribution in [0.1, 0.15) is 19.3 Å². The van der Waals surface area contributed by atoms with Crippen molar-refractivity contribution in [3.8, 4) is 0 Å². The van der Waals surface area contributed by atoms with E-state index in [1.807, 2.05) is 0 Å². The van der Waals surface area contributed by atoms with Gasteiger partial charge in [-0.3, -0.25) is 4.90 Å². The maximum Gasteiger partial charge on any atom is 0.0348 e. The molecule has 2 nitrogen and oxygen atoms in total.